The van der Waals surface area contributed by atoms with E-state index in [4.69, 9.17) is 32.6 Å². The SMILES string of the molecule is O=C1C(=Cc2cc3oc(-c4ccccc4)nc3n2-c2ccccc2)C(=O)c2cc(Cl)c(Cl)cc21. The van der Waals surface area contributed by atoms with Gasteiger partial charge < -0.3 is 4.42 Å². The van der Waals surface area contributed by atoms with Crippen molar-refractivity contribution in [3.63, 3.8) is 0 Å². The van der Waals surface area contributed by atoms with Gasteiger partial charge in [-0.1, -0.05) is 59.6 Å². The highest BCUT2D eigenvalue weighted by atomic mass is 35.5. The number of carbonyl (C=O) groups is 2. The maximum Gasteiger partial charge on any atom is 0.228 e. The van der Waals surface area contributed by atoms with Crippen LogP contribution in [-0.4, -0.2) is 21.1 Å². The maximum absolute atomic E-state index is 13.1. The Bertz CT molecular complexity index is 1610. The minimum Gasteiger partial charge on any atom is -0.434 e. The first kappa shape index (κ1) is 20.7. The molecule has 34 heavy (non-hydrogen) atoms. The summed E-state index contributed by atoms with van der Waals surface area (Å²) in [6.45, 7) is 0. The molecule has 0 bridgehead atoms. The van der Waals surface area contributed by atoms with Crippen LogP contribution < -0.4 is 0 Å². The molecule has 0 fully saturated rings. The second-order valence-corrected chi connectivity index (χ2v) is 8.66. The van der Waals surface area contributed by atoms with Crippen molar-refractivity contribution >= 4 is 52.1 Å². The molecule has 5 nitrogen and oxygen atoms in total. The van der Waals surface area contributed by atoms with Crippen LogP contribution in [0.15, 0.2) is 88.9 Å². The van der Waals surface area contributed by atoms with Crippen molar-refractivity contribution in [1.29, 1.82) is 0 Å². The van der Waals surface area contributed by atoms with Crippen LogP contribution in [0.4, 0.5) is 0 Å². The molecule has 0 atom stereocenters. The van der Waals surface area contributed by atoms with Crippen LogP contribution in [0.5, 0.6) is 0 Å². The Morgan fingerprint density at radius 3 is 2.00 bits per heavy atom. The Morgan fingerprint density at radius 1 is 0.794 bits per heavy atom. The van der Waals surface area contributed by atoms with Crippen LogP contribution in [-0.2, 0) is 0 Å². The summed E-state index contributed by atoms with van der Waals surface area (Å²) in [4.78, 5) is 30.9. The number of halogens is 2. The molecular formula is C27H14Cl2N2O3. The van der Waals surface area contributed by atoms with Crippen LogP contribution in [0.25, 0.3) is 34.4 Å². The molecule has 0 saturated carbocycles. The topological polar surface area (TPSA) is 65.1 Å². The van der Waals surface area contributed by atoms with E-state index < -0.39 is 11.6 Å². The van der Waals surface area contributed by atoms with E-state index in [9.17, 15) is 9.59 Å². The lowest BCUT2D eigenvalue weighted by Gasteiger charge is -2.07. The molecule has 164 valence electrons. The van der Waals surface area contributed by atoms with Gasteiger partial charge in [0.15, 0.2) is 22.8 Å². The lowest BCUT2D eigenvalue weighted by molar-refractivity contribution is 0.0990. The Labute approximate surface area is 203 Å². The van der Waals surface area contributed by atoms with Gasteiger partial charge in [-0.15, -0.1) is 0 Å². The number of oxazole rings is 1. The van der Waals surface area contributed by atoms with Gasteiger partial charge in [0, 0.05) is 28.4 Å². The molecule has 0 unspecified atom stereocenters. The number of rotatable bonds is 3. The molecular weight excluding hydrogens is 471 g/mol. The van der Waals surface area contributed by atoms with E-state index in [1.807, 2.05) is 65.2 Å². The highest BCUT2D eigenvalue weighted by Crippen LogP contribution is 2.36. The molecule has 2 heterocycles. The minimum absolute atomic E-state index is 0.0361. The van der Waals surface area contributed by atoms with Gasteiger partial charge in [-0.25, -0.2) is 0 Å². The van der Waals surface area contributed by atoms with Gasteiger partial charge in [0.05, 0.1) is 21.3 Å². The van der Waals surface area contributed by atoms with Crippen LogP contribution >= 0.6 is 23.2 Å². The molecule has 1 aliphatic carbocycles. The van der Waals surface area contributed by atoms with Crippen molar-refractivity contribution in [3.8, 4) is 17.1 Å². The highest BCUT2D eigenvalue weighted by Gasteiger charge is 2.34. The summed E-state index contributed by atoms with van der Waals surface area (Å²) in [6.07, 6.45) is 1.57. The van der Waals surface area contributed by atoms with E-state index in [-0.39, 0.29) is 26.7 Å². The predicted molar refractivity (Wildman–Crippen MR) is 132 cm³/mol. The van der Waals surface area contributed by atoms with Gasteiger partial charge >= 0.3 is 0 Å². The molecule has 0 radical (unpaired) electrons. The number of nitrogens with zero attached hydrogens (tertiary/aromatic N) is 2. The molecule has 3 aromatic carbocycles. The van der Waals surface area contributed by atoms with Gasteiger partial charge in [-0.05, 0) is 42.5 Å². The fourth-order valence-corrected chi connectivity index (χ4v) is 4.48. The zero-order valence-electron chi connectivity index (χ0n) is 17.5. The molecule has 0 aliphatic heterocycles. The molecule has 0 N–H and O–H groups in total. The summed E-state index contributed by atoms with van der Waals surface area (Å²) >= 11 is 12.2. The number of fused-ring (bicyclic) bond motifs is 2. The third kappa shape index (κ3) is 3.21. The van der Waals surface area contributed by atoms with Gasteiger partial charge in [0.2, 0.25) is 5.89 Å². The lowest BCUT2D eigenvalue weighted by Crippen LogP contribution is -2.03. The number of Topliss-reactive ketones (excluding diaryl/α,β-unsaturated/α-hetero) is 2. The Hall–Kier alpha value is -3.93. The lowest BCUT2D eigenvalue weighted by atomic mass is 10.1. The maximum atomic E-state index is 13.1. The normalized spacial score (nSPS) is 13.1. The predicted octanol–water partition coefficient (Wildman–Crippen LogP) is 7.05. The first-order valence-corrected chi connectivity index (χ1v) is 11.2. The quantitative estimate of drug-likeness (QED) is 0.203. The summed E-state index contributed by atoms with van der Waals surface area (Å²) in [5, 5.41) is 0.455. The van der Waals surface area contributed by atoms with Crippen molar-refractivity contribution < 1.29 is 14.0 Å². The van der Waals surface area contributed by atoms with Crippen molar-refractivity contribution in [2.45, 2.75) is 0 Å². The zero-order chi connectivity index (χ0) is 23.4. The summed E-state index contributed by atoms with van der Waals surface area (Å²) in [6, 6.07) is 23.8. The molecule has 1 aliphatic rings. The second-order valence-electron chi connectivity index (χ2n) is 7.84. The van der Waals surface area contributed by atoms with Crippen LogP contribution in [0.1, 0.15) is 26.4 Å². The second kappa shape index (κ2) is 7.83. The number of para-hydroxylation sites is 1. The summed E-state index contributed by atoms with van der Waals surface area (Å²) in [5.41, 5.74) is 3.91. The van der Waals surface area contributed by atoms with Crippen molar-refractivity contribution in [3.05, 3.63) is 111 Å². The number of ketones is 2. The molecule has 7 heteroatoms. The van der Waals surface area contributed by atoms with E-state index in [1.54, 1.807) is 12.1 Å². The first-order chi connectivity index (χ1) is 16.5. The number of carbonyl (C=O) groups excluding carboxylic acids is 2. The minimum atomic E-state index is -0.395. The van der Waals surface area contributed by atoms with Gasteiger partial charge in [-0.2, -0.15) is 4.98 Å². The summed E-state index contributed by atoms with van der Waals surface area (Å²) in [5.74, 6) is -0.304. The van der Waals surface area contributed by atoms with Crippen LogP contribution in [0.2, 0.25) is 10.0 Å². The monoisotopic (exact) mass is 484 g/mol. The Balaban J connectivity index is 1.54. The molecule has 2 aromatic heterocycles. The van der Waals surface area contributed by atoms with E-state index in [0.29, 0.717) is 22.8 Å². The average molecular weight is 485 g/mol. The van der Waals surface area contributed by atoms with E-state index >= 15 is 0 Å². The largest absolute Gasteiger partial charge is 0.434 e. The van der Waals surface area contributed by atoms with Gasteiger partial charge in [0.25, 0.3) is 0 Å². The molecule has 0 spiro atoms. The molecule has 5 aromatic rings. The number of aromatic nitrogens is 2. The fourth-order valence-electron chi connectivity index (χ4n) is 4.15. The third-order valence-corrected chi connectivity index (χ3v) is 6.47. The number of hydrogen-bond donors (Lipinski definition) is 0. The standard InChI is InChI=1S/C27H14Cl2N2O3/c28-21-13-18-19(14-22(21)29)25(33)20(24(18)32)11-17-12-23-26(31(17)16-9-5-2-6-10-16)30-27(34-23)15-7-3-1-4-8-15/h1-14H. The fraction of sp³-hybridized carbons (Fsp3) is 0. The number of allylic oxidation sites excluding steroid dienone is 1. The number of benzene rings is 3. The molecule has 6 rings (SSSR count). The zero-order valence-corrected chi connectivity index (χ0v) is 19.0. The van der Waals surface area contributed by atoms with Gasteiger partial charge in [-0.3, -0.25) is 14.2 Å². The Kier molecular flexibility index (Phi) is 4.76. The van der Waals surface area contributed by atoms with Crippen LogP contribution in [0.3, 0.4) is 0 Å². The van der Waals surface area contributed by atoms with Crippen molar-refractivity contribution in [1.82, 2.24) is 9.55 Å². The van der Waals surface area contributed by atoms with Crippen molar-refractivity contribution in [2.24, 2.45) is 0 Å². The van der Waals surface area contributed by atoms with Gasteiger partial charge in [0.1, 0.15) is 0 Å². The third-order valence-electron chi connectivity index (χ3n) is 5.75. The van der Waals surface area contributed by atoms with E-state index in [2.05, 4.69) is 0 Å². The molecule has 0 saturated heterocycles. The van der Waals surface area contributed by atoms with E-state index in [1.165, 1.54) is 12.1 Å². The van der Waals surface area contributed by atoms with Crippen LogP contribution in [0, 0.1) is 0 Å². The van der Waals surface area contributed by atoms with Crippen molar-refractivity contribution in [2.75, 3.05) is 0 Å². The average Bonchev–Trinajstić information content (AvgIpc) is 3.47. The summed E-state index contributed by atoms with van der Waals surface area (Å²) < 4.78 is 7.91. The summed E-state index contributed by atoms with van der Waals surface area (Å²) in [7, 11) is 0. The first-order valence-electron chi connectivity index (χ1n) is 10.4. The molecule has 0 amide bonds. The highest BCUT2D eigenvalue weighted by molar-refractivity contribution is 6.46. The number of hydrogen-bond acceptors (Lipinski definition) is 4. The van der Waals surface area contributed by atoms with E-state index in [0.717, 1.165) is 11.3 Å². The Morgan fingerprint density at radius 2 is 1.38 bits per heavy atom. The smallest absolute Gasteiger partial charge is 0.228 e.